The molecule has 7 nitrogen and oxygen atoms in total. The molecule has 0 bridgehead atoms. The number of hydrogen-bond donors (Lipinski definition) is 0. The summed E-state index contributed by atoms with van der Waals surface area (Å²) in [7, 11) is 1.91. The summed E-state index contributed by atoms with van der Waals surface area (Å²) in [5, 5.41) is 11.8. The van der Waals surface area contributed by atoms with Gasteiger partial charge in [-0.2, -0.15) is 15.3 Å². The molecule has 1 aliphatic carbocycles. The van der Waals surface area contributed by atoms with E-state index in [4.69, 9.17) is 4.74 Å². The largest absolute Gasteiger partial charge is 0.376 e. The Morgan fingerprint density at radius 2 is 2.16 bits per heavy atom. The van der Waals surface area contributed by atoms with E-state index in [0.29, 0.717) is 18.0 Å². The Morgan fingerprint density at radius 1 is 1.28 bits per heavy atom. The molecule has 7 heteroatoms. The lowest BCUT2D eigenvalue weighted by Crippen LogP contribution is -2.42. The number of aryl methyl sites for hydroxylation is 1. The molecule has 0 spiro atoms. The highest BCUT2D eigenvalue weighted by atomic mass is 16.5. The molecule has 0 aromatic carbocycles. The summed E-state index contributed by atoms with van der Waals surface area (Å²) in [5.41, 5.74) is 1.70. The van der Waals surface area contributed by atoms with Crippen LogP contribution in [0.5, 0.6) is 0 Å². The maximum Gasteiger partial charge on any atom is 0.255 e. The van der Waals surface area contributed by atoms with Gasteiger partial charge in [-0.05, 0) is 43.2 Å². The van der Waals surface area contributed by atoms with E-state index in [9.17, 15) is 4.79 Å². The van der Waals surface area contributed by atoms with Crippen LogP contribution in [0.1, 0.15) is 35.2 Å². The normalized spacial score (nSPS) is 23.2. The molecule has 132 valence electrons. The smallest absolute Gasteiger partial charge is 0.255 e. The summed E-state index contributed by atoms with van der Waals surface area (Å²) in [6.45, 7) is 1.52. The second kappa shape index (κ2) is 6.92. The quantitative estimate of drug-likeness (QED) is 0.795. The summed E-state index contributed by atoms with van der Waals surface area (Å²) in [6.07, 6.45) is 11.2. The van der Waals surface area contributed by atoms with Crippen molar-refractivity contribution in [3.63, 3.8) is 0 Å². The lowest BCUT2D eigenvalue weighted by Gasteiger charge is -2.28. The number of carbonyl (C=O) groups excluding carboxylic acids is 1. The van der Waals surface area contributed by atoms with Gasteiger partial charge in [0.2, 0.25) is 0 Å². The van der Waals surface area contributed by atoms with E-state index in [0.717, 1.165) is 25.0 Å². The molecular formula is C18H23N5O2. The van der Waals surface area contributed by atoms with Gasteiger partial charge in [0.1, 0.15) is 0 Å². The number of aromatic nitrogens is 4. The SMILES string of the molecule is Cn1cc(C[C@H]2[C@H](OCC3CC3)CCN2C(=O)c2ccnnc2)cn1. The average molecular weight is 341 g/mol. The maximum absolute atomic E-state index is 12.9. The van der Waals surface area contributed by atoms with Crippen molar-refractivity contribution in [2.75, 3.05) is 13.2 Å². The van der Waals surface area contributed by atoms with Crippen LogP contribution < -0.4 is 0 Å². The van der Waals surface area contributed by atoms with Crippen LogP contribution in [0.2, 0.25) is 0 Å². The number of hydrogen-bond acceptors (Lipinski definition) is 5. The Kier molecular flexibility index (Phi) is 4.48. The molecule has 2 aromatic heterocycles. The molecule has 0 N–H and O–H groups in total. The van der Waals surface area contributed by atoms with Crippen molar-refractivity contribution < 1.29 is 9.53 Å². The summed E-state index contributed by atoms with van der Waals surface area (Å²) in [6, 6.07) is 1.75. The second-order valence-corrected chi connectivity index (χ2v) is 7.03. The highest BCUT2D eigenvalue weighted by molar-refractivity contribution is 5.94. The molecule has 3 heterocycles. The van der Waals surface area contributed by atoms with Gasteiger partial charge in [0.25, 0.3) is 5.91 Å². The van der Waals surface area contributed by atoms with Gasteiger partial charge < -0.3 is 9.64 Å². The zero-order chi connectivity index (χ0) is 17.2. The first-order valence-corrected chi connectivity index (χ1v) is 8.87. The number of amides is 1. The van der Waals surface area contributed by atoms with Crippen LogP contribution in [-0.2, 0) is 18.2 Å². The van der Waals surface area contributed by atoms with Gasteiger partial charge in [0.15, 0.2) is 0 Å². The molecule has 0 unspecified atom stereocenters. The van der Waals surface area contributed by atoms with E-state index in [2.05, 4.69) is 15.3 Å². The zero-order valence-corrected chi connectivity index (χ0v) is 14.4. The number of rotatable bonds is 6. The first-order valence-electron chi connectivity index (χ1n) is 8.87. The lowest BCUT2D eigenvalue weighted by atomic mass is 10.0. The summed E-state index contributed by atoms with van der Waals surface area (Å²) >= 11 is 0. The van der Waals surface area contributed by atoms with Gasteiger partial charge in [-0.1, -0.05) is 0 Å². The third-order valence-corrected chi connectivity index (χ3v) is 5.02. The van der Waals surface area contributed by atoms with Gasteiger partial charge in [-0.15, -0.1) is 0 Å². The third-order valence-electron chi connectivity index (χ3n) is 5.02. The Labute approximate surface area is 147 Å². The minimum absolute atomic E-state index is 0.00122. The maximum atomic E-state index is 12.9. The van der Waals surface area contributed by atoms with Crippen LogP contribution in [0.4, 0.5) is 0 Å². The predicted molar refractivity (Wildman–Crippen MR) is 90.8 cm³/mol. The van der Waals surface area contributed by atoms with Crippen LogP contribution in [0.3, 0.4) is 0 Å². The van der Waals surface area contributed by atoms with Gasteiger partial charge in [-0.3, -0.25) is 9.48 Å². The monoisotopic (exact) mass is 341 g/mol. The summed E-state index contributed by atoms with van der Waals surface area (Å²) in [4.78, 5) is 14.9. The van der Waals surface area contributed by atoms with E-state index >= 15 is 0 Å². The zero-order valence-electron chi connectivity index (χ0n) is 14.4. The molecule has 2 aliphatic rings. The van der Waals surface area contributed by atoms with E-state index < -0.39 is 0 Å². The van der Waals surface area contributed by atoms with Crippen molar-refractivity contribution in [3.8, 4) is 0 Å². The second-order valence-electron chi connectivity index (χ2n) is 7.03. The molecule has 1 saturated carbocycles. The third kappa shape index (κ3) is 3.71. The van der Waals surface area contributed by atoms with Crippen LogP contribution in [0.25, 0.3) is 0 Å². The lowest BCUT2D eigenvalue weighted by molar-refractivity contribution is 0.0200. The predicted octanol–water partition coefficient (Wildman–Crippen LogP) is 1.46. The first-order chi connectivity index (χ1) is 12.2. The standard InChI is InChI=1S/C18H23N5O2/c1-22-11-14(9-21-22)8-16-17(25-12-13-2-3-13)5-7-23(16)18(24)15-4-6-19-20-10-15/h4,6,9-11,13,16-17H,2-3,5,7-8,12H2,1H3/t16-,17+/m0/s1. The summed E-state index contributed by atoms with van der Waals surface area (Å²) in [5.74, 6) is 0.717. The van der Waals surface area contributed by atoms with Crippen LogP contribution >= 0.6 is 0 Å². The molecule has 2 aromatic rings. The molecule has 0 radical (unpaired) electrons. The van der Waals surface area contributed by atoms with Gasteiger partial charge in [0.05, 0.1) is 36.3 Å². The molecule has 4 rings (SSSR count). The van der Waals surface area contributed by atoms with E-state index in [-0.39, 0.29) is 18.1 Å². The Balaban J connectivity index is 1.52. The number of carbonyl (C=O) groups is 1. The van der Waals surface area contributed by atoms with Crippen molar-refractivity contribution in [1.29, 1.82) is 0 Å². The number of ether oxygens (including phenoxy) is 1. The fraction of sp³-hybridized carbons (Fsp3) is 0.556. The molecule has 25 heavy (non-hydrogen) atoms. The van der Waals surface area contributed by atoms with Crippen molar-refractivity contribution >= 4 is 5.91 Å². The molecule has 1 amide bonds. The summed E-state index contributed by atoms with van der Waals surface area (Å²) < 4.78 is 7.98. The van der Waals surface area contributed by atoms with Crippen molar-refractivity contribution in [1.82, 2.24) is 24.9 Å². The minimum Gasteiger partial charge on any atom is -0.376 e. The molecule has 1 aliphatic heterocycles. The highest BCUT2D eigenvalue weighted by Crippen LogP contribution is 2.32. The first kappa shape index (κ1) is 16.2. The van der Waals surface area contributed by atoms with E-state index in [1.807, 2.05) is 24.3 Å². The van der Waals surface area contributed by atoms with Crippen molar-refractivity contribution in [2.24, 2.45) is 13.0 Å². The topological polar surface area (TPSA) is 73.1 Å². The molecular weight excluding hydrogens is 318 g/mol. The number of nitrogens with zero attached hydrogens (tertiary/aromatic N) is 5. The fourth-order valence-corrected chi connectivity index (χ4v) is 3.46. The van der Waals surface area contributed by atoms with E-state index in [1.54, 1.807) is 16.9 Å². The number of likely N-dealkylation sites (tertiary alicyclic amines) is 1. The van der Waals surface area contributed by atoms with Gasteiger partial charge in [-0.25, -0.2) is 0 Å². The van der Waals surface area contributed by atoms with Gasteiger partial charge >= 0.3 is 0 Å². The average Bonchev–Trinajstić information content (AvgIpc) is 3.25. The van der Waals surface area contributed by atoms with Crippen LogP contribution in [0.15, 0.2) is 30.9 Å². The Morgan fingerprint density at radius 3 is 2.84 bits per heavy atom. The van der Waals surface area contributed by atoms with Crippen LogP contribution in [-0.4, -0.2) is 56.1 Å². The van der Waals surface area contributed by atoms with E-state index in [1.165, 1.54) is 19.0 Å². The Bertz CT molecular complexity index is 728. The van der Waals surface area contributed by atoms with Gasteiger partial charge in [0, 0.05) is 26.4 Å². The molecule has 2 atom stereocenters. The van der Waals surface area contributed by atoms with Crippen molar-refractivity contribution in [2.45, 2.75) is 37.8 Å². The minimum atomic E-state index is 0.00122. The van der Waals surface area contributed by atoms with Crippen molar-refractivity contribution in [3.05, 3.63) is 42.0 Å². The highest BCUT2D eigenvalue weighted by Gasteiger charge is 2.39. The fourth-order valence-electron chi connectivity index (χ4n) is 3.46. The molecule has 1 saturated heterocycles. The molecule has 2 fully saturated rings. The van der Waals surface area contributed by atoms with Crippen LogP contribution in [0, 0.1) is 5.92 Å². The Hall–Kier alpha value is -2.28.